The number of aliphatic hydroxyl groups excluding tert-OH is 2. The Morgan fingerprint density at radius 2 is 1.55 bits per heavy atom. The maximum absolute atomic E-state index is 14.3. The molecule has 0 aromatic heterocycles. The molecule has 0 spiro atoms. The molecule has 3 aliphatic heterocycles. The molecular formula is C50H77NO11. The van der Waals surface area contributed by atoms with Gasteiger partial charge in [-0.3, -0.25) is 19.2 Å². The van der Waals surface area contributed by atoms with E-state index in [2.05, 4.69) is 0 Å². The van der Waals surface area contributed by atoms with Gasteiger partial charge in [-0.2, -0.15) is 0 Å². The monoisotopic (exact) mass is 868 g/mol. The number of fused-ring (bicyclic) bond motifs is 3. The molecule has 1 amide bonds. The molecule has 2 bridgehead atoms. The highest BCUT2D eigenvalue weighted by atomic mass is 16.5. The number of carbonyl (C=O) groups is 5. The van der Waals surface area contributed by atoms with Gasteiger partial charge in [0.1, 0.15) is 36.2 Å². The Balaban J connectivity index is 1.67. The van der Waals surface area contributed by atoms with Crippen LogP contribution in [-0.4, -0.2) is 114 Å². The van der Waals surface area contributed by atoms with Crippen LogP contribution in [-0.2, 0) is 42.9 Å². The van der Waals surface area contributed by atoms with E-state index in [4.69, 9.17) is 18.9 Å². The van der Waals surface area contributed by atoms with E-state index in [9.17, 15) is 34.2 Å². The van der Waals surface area contributed by atoms with Crippen molar-refractivity contribution in [2.45, 2.75) is 181 Å². The lowest BCUT2D eigenvalue weighted by atomic mass is 9.79. The minimum Gasteiger partial charge on any atom is -0.460 e. The predicted octanol–water partition coefficient (Wildman–Crippen LogP) is 7.24. The molecule has 3 fully saturated rings. The van der Waals surface area contributed by atoms with Crippen LogP contribution in [0.25, 0.3) is 0 Å². The smallest absolute Gasteiger partial charge is 0.329 e. The molecule has 348 valence electrons. The van der Waals surface area contributed by atoms with Crippen molar-refractivity contribution >= 4 is 29.2 Å². The van der Waals surface area contributed by atoms with E-state index in [0.29, 0.717) is 75.7 Å². The minimum absolute atomic E-state index is 0.0543. The molecule has 4 aliphatic rings. The number of Topliss-reactive ketones (excluding diaryl/α,β-unsaturated/α-hetero) is 3. The van der Waals surface area contributed by atoms with Crippen LogP contribution in [0.5, 0.6) is 0 Å². The summed E-state index contributed by atoms with van der Waals surface area (Å²) in [5.41, 5.74) is 1.39. The molecule has 0 aromatic carbocycles. The summed E-state index contributed by atoms with van der Waals surface area (Å²) >= 11 is 0. The van der Waals surface area contributed by atoms with E-state index in [-0.39, 0.29) is 60.6 Å². The first-order valence-corrected chi connectivity index (χ1v) is 23.3. The van der Waals surface area contributed by atoms with E-state index >= 15 is 0 Å². The van der Waals surface area contributed by atoms with Crippen molar-refractivity contribution in [2.24, 2.45) is 35.5 Å². The van der Waals surface area contributed by atoms with Gasteiger partial charge in [0.25, 0.3) is 5.91 Å². The summed E-state index contributed by atoms with van der Waals surface area (Å²) in [7, 11) is 3.04. The highest BCUT2D eigenvalue weighted by Crippen LogP contribution is 2.34. The fraction of sp³-hybridized carbons (Fsp3) is 0.740. The molecule has 12 atom stereocenters. The van der Waals surface area contributed by atoms with Crippen LogP contribution in [0.3, 0.4) is 0 Å². The summed E-state index contributed by atoms with van der Waals surface area (Å²) in [6.45, 7) is 13.3. The molecule has 0 aromatic rings. The summed E-state index contributed by atoms with van der Waals surface area (Å²) in [5, 5.41) is 21.5. The first kappa shape index (κ1) is 51.3. The van der Waals surface area contributed by atoms with Crippen molar-refractivity contribution in [1.29, 1.82) is 0 Å². The lowest BCUT2D eigenvalue weighted by Crippen LogP contribution is -2.55. The van der Waals surface area contributed by atoms with Crippen LogP contribution < -0.4 is 0 Å². The van der Waals surface area contributed by atoms with Gasteiger partial charge >= 0.3 is 5.97 Å². The Morgan fingerprint density at radius 3 is 2.23 bits per heavy atom. The predicted molar refractivity (Wildman–Crippen MR) is 238 cm³/mol. The Hall–Kier alpha value is -3.29. The second-order valence-electron chi connectivity index (χ2n) is 19.1. The maximum Gasteiger partial charge on any atom is 0.329 e. The van der Waals surface area contributed by atoms with Crippen molar-refractivity contribution in [1.82, 2.24) is 4.90 Å². The average Bonchev–Trinajstić information content (AvgIpc) is 3.25. The van der Waals surface area contributed by atoms with Gasteiger partial charge < -0.3 is 34.1 Å². The number of rotatable bonds is 5. The number of hydrogen-bond donors (Lipinski definition) is 2. The van der Waals surface area contributed by atoms with Crippen molar-refractivity contribution < 1.29 is 53.1 Å². The fourth-order valence-electron chi connectivity index (χ4n) is 9.81. The molecule has 0 radical (unpaired) electrons. The summed E-state index contributed by atoms with van der Waals surface area (Å²) in [4.78, 5) is 71.5. The van der Waals surface area contributed by atoms with Gasteiger partial charge in [0.05, 0.1) is 18.3 Å². The molecule has 12 heteroatoms. The third-order valence-electron chi connectivity index (χ3n) is 13.9. The number of allylic oxidation sites excluding steroid dienone is 6. The van der Waals surface area contributed by atoms with Gasteiger partial charge in [0.15, 0.2) is 5.78 Å². The number of aliphatic hydroxyl groups is 2. The highest BCUT2D eigenvalue weighted by Gasteiger charge is 2.44. The molecule has 2 N–H and O–H groups in total. The Morgan fingerprint density at radius 1 is 0.839 bits per heavy atom. The average molecular weight is 868 g/mol. The Kier molecular flexibility index (Phi) is 20.4. The summed E-state index contributed by atoms with van der Waals surface area (Å²) in [6.07, 6.45) is 14.0. The van der Waals surface area contributed by atoms with Crippen LogP contribution in [0.4, 0.5) is 0 Å². The van der Waals surface area contributed by atoms with Crippen LogP contribution in [0.2, 0.25) is 0 Å². The number of hydrogen-bond acceptors (Lipinski definition) is 11. The molecule has 2 saturated heterocycles. The van der Waals surface area contributed by atoms with E-state index < -0.39 is 60.0 Å². The van der Waals surface area contributed by atoms with Crippen LogP contribution >= 0.6 is 0 Å². The second kappa shape index (κ2) is 24.7. The zero-order valence-corrected chi connectivity index (χ0v) is 39.0. The van der Waals surface area contributed by atoms with E-state index in [1.807, 2.05) is 65.0 Å². The topological polar surface area (TPSA) is 166 Å². The third kappa shape index (κ3) is 14.4. The molecule has 0 unspecified atom stereocenters. The quantitative estimate of drug-likeness (QED) is 0.163. The largest absolute Gasteiger partial charge is 0.460 e. The first-order valence-electron chi connectivity index (χ1n) is 23.3. The number of cyclic esters (lactones) is 1. The molecular weight excluding hydrogens is 791 g/mol. The van der Waals surface area contributed by atoms with Crippen LogP contribution in [0.1, 0.15) is 132 Å². The Labute approximate surface area is 370 Å². The van der Waals surface area contributed by atoms with Gasteiger partial charge in [-0.25, -0.2) is 4.79 Å². The standard InChI is InChI=1S/C50H77NO11/c1-30-15-11-10-12-16-31(2)42(59-8)28-39-23-18-32(3)47(61-39)46(56)49(57)51-24-14-13-17-40(51)50(58)62-43(34(5)27-37-19-21-38(52)22-20-37)29-41(53)33(4)26-36(7)45(55)48(60-9)44(54)35(6)25-30/h10-12,15-16,26,30,32-35,37-40,42-43,45,47-48,52,55H,13-14,17-25,27-29H2,1-9H3/b12-10?,15-11+,31-16?,36-26+/t30-,32-,33-,34-,35-,37?,38?,39+,40+,42+,43+,45-,47-,48+/m1/s1. The number of amides is 1. The second-order valence-corrected chi connectivity index (χ2v) is 19.1. The number of carbonyl (C=O) groups excluding carboxylic acids is 5. The molecule has 3 heterocycles. The molecule has 1 saturated carbocycles. The van der Waals surface area contributed by atoms with Crippen molar-refractivity contribution in [2.75, 3.05) is 20.8 Å². The Bertz CT molecular complexity index is 1640. The van der Waals surface area contributed by atoms with Gasteiger partial charge in [0, 0.05) is 45.4 Å². The lowest BCUT2D eigenvalue weighted by Gasteiger charge is -2.38. The van der Waals surface area contributed by atoms with Gasteiger partial charge in [-0.15, -0.1) is 0 Å². The van der Waals surface area contributed by atoms with E-state index in [0.717, 1.165) is 18.4 Å². The van der Waals surface area contributed by atoms with Gasteiger partial charge in [-0.05, 0) is 119 Å². The number of piperidine rings is 1. The van der Waals surface area contributed by atoms with Crippen molar-refractivity contribution in [3.8, 4) is 0 Å². The zero-order chi connectivity index (χ0) is 45.7. The highest BCUT2D eigenvalue weighted by molar-refractivity contribution is 6.38. The normalized spacial score (nSPS) is 38.0. The number of ketones is 3. The molecule has 1 aliphatic carbocycles. The van der Waals surface area contributed by atoms with Crippen LogP contribution in [0, 0.1) is 35.5 Å². The van der Waals surface area contributed by atoms with Crippen molar-refractivity contribution in [3.05, 3.63) is 47.6 Å². The van der Waals surface area contributed by atoms with Crippen molar-refractivity contribution in [3.63, 3.8) is 0 Å². The van der Waals surface area contributed by atoms with Crippen LogP contribution in [0.15, 0.2) is 47.6 Å². The SMILES string of the molecule is CO[C@H]1C[C@@H]2CC[C@@H](C)[C@@H](O2)C(=O)C(=O)N2CCCC[C@H]2C(=O)O[C@H]([C@H](C)CC2CCC(O)CC2)CC(=O)[C@H](C)/C=C(\C)[C@@H](O)[C@@H](OC)C(=O)[C@H](C)C[C@H](C)/C=C/C=CC=C1C. The lowest BCUT2D eigenvalue weighted by molar-refractivity contribution is -0.170. The van der Waals surface area contributed by atoms with E-state index in [1.54, 1.807) is 27.0 Å². The number of ether oxygens (including phenoxy) is 4. The zero-order valence-electron chi connectivity index (χ0n) is 39.0. The molecule has 62 heavy (non-hydrogen) atoms. The number of nitrogens with zero attached hydrogens (tertiary/aromatic N) is 1. The minimum atomic E-state index is -1.28. The van der Waals surface area contributed by atoms with Gasteiger partial charge in [-0.1, -0.05) is 71.1 Å². The molecule has 12 nitrogen and oxygen atoms in total. The summed E-state index contributed by atoms with van der Waals surface area (Å²) < 4.78 is 24.1. The van der Waals surface area contributed by atoms with E-state index in [1.165, 1.54) is 12.0 Å². The molecule has 4 rings (SSSR count). The summed E-state index contributed by atoms with van der Waals surface area (Å²) in [5.74, 6) is -3.67. The maximum atomic E-state index is 14.3. The summed E-state index contributed by atoms with van der Waals surface area (Å²) in [6, 6.07) is -0.988. The first-order chi connectivity index (χ1) is 29.4. The van der Waals surface area contributed by atoms with Gasteiger partial charge in [0.2, 0.25) is 5.78 Å². The third-order valence-corrected chi connectivity index (χ3v) is 13.9. The number of esters is 1. The fourth-order valence-corrected chi connectivity index (χ4v) is 9.81. The number of methoxy groups -OCH3 is 2.